The average Bonchev–Trinajstić information content (AvgIpc) is 2.85. The monoisotopic (exact) mass is 251 g/mol. The Bertz CT molecular complexity index is 478. The number of rotatable bonds is 5. The van der Waals surface area contributed by atoms with E-state index in [1.54, 1.807) is 17.6 Å². The van der Waals surface area contributed by atoms with Crippen LogP contribution in [0.2, 0.25) is 0 Å². The Morgan fingerprint density at radius 3 is 2.82 bits per heavy atom. The van der Waals surface area contributed by atoms with Crippen molar-refractivity contribution >= 4 is 11.3 Å². The highest BCUT2D eigenvalue weighted by atomic mass is 32.1. The van der Waals surface area contributed by atoms with E-state index in [0.29, 0.717) is 0 Å². The summed E-state index contributed by atoms with van der Waals surface area (Å²) in [6.45, 7) is 5.77. The van der Waals surface area contributed by atoms with E-state index in [1.165, 1.54) is 4.88 Å². The van der Waals surface area contributed by atoms with Gasteiger partial charge in [0.1, 0.15) is 6.26 Å². The molecule has 92 valence electrons. The van der Waals surface area contributed by atoms with Crippen LogP contribution in [0.25, 0.3) is 0 Å². The first kappa shape index (κ1) is 12.3. The van der Waals surface area contributed by atoms with E-state index in [4.69, 9.17) is 4.42 Å². The fraction of sp³-hybridized carbons (Fsp3) is 0.500. The van der Waals surface area contributed by atoms with Crippen LogP contribution in [0, 0.1) is 13.8 Å². The zero-order valence-electron chi connectivity index (χ0n) is 10.4. The number of thiazole rings is 1. The maximum atomic E-state index is 5.19. The summed E-state index contributed by atoms with van der Waals surface area (Å²) in [6, 6.07) is 0. The van der Waals surface area contributed by atoms with Crippen molar-refractivity contribution in [3.8, 4) is 0 Å². The Kier molecular flexibility index (Phi) is 3.91. The molecule has 0 aromatic carbocycles. The minimum atomic E-state index is 0.728. The topological polar surface area (TPSA) is 42.2 Å². The Morgan fingerprint density at radius 2 is 2.24 bits per heavy atom. The standard InChI is InChI=1S/C12H17N3OS/c1-9-12(17-8-13-9)4-5-15(3)6-11-7-16-10(2)14-11/h7-8H,4-6H2,1-3H3. The fourth-order valence-electron chi connectivity index (χ4n) is 1.69. The molecule has 17 heavy (non-hydrogen) atoms. The molecule has 2 heterocycles. The highest BCUT2D eigenvalue weighted by Gasteiger charge is 2.07. The van der Waals surface area contributed by atoms with Gasteiger partial charge in [0.25, 0.3) is 0 Å². The molecule has 0 spiro atoms. The minimum Gasteiger partial charge on any atom is -0.449 e. The van der Waals surface area contributed by atoms with Crippen molar-refractivity contribution in [3.05, 3.63) is 33.9 Å². The van der Waals surface area contributed by atoms with Gasteiger partial charge in [0.05, 0.1) is 16.9 Å². The Morgan fingerprint density at radius 1 is 1.41 bits per heavy atom. The van der Waals surface area contributed by atoms with Crippen LogP contribution in [0.4, 0.5) is 0 Å². The molecule has 0 aliphatic rings. The average molecular weight is 251 g/mol. The molecule has 2 aromatic heterocycles. The van der Waals surface area contributed by atoms with E-state index in [1.807, 2.05) is 12.4 Å². The Hall–Kier alpha value is -1.20. The van der Waals surface area contributed by atoms with Crippen molar-refractivity contribution in [2.45, 2.75) is 26.8 Å². The number of nitrogens with zero attached hydrogens (tertiary/aromatic N) is 3. The first-order valence-corrected chi connectivity index (χ1v) is 6.51. The Balaban J connectivity index is 1.82. The van der Waals surface area contributed by atoms with E-state index in [-0.39, 0.29) is 0 Å². The summed E-state index contributed by atoms with van der Waals surface area (Å²) in [6.07, 6.45) is 2.77. The molecule has 0 unspecified atom stereocenters. The molecular weight excluding hydrogens is 234 g/mol. The van der Waals surface area contributed by atoms with E-state index in [0.717, 1.165) is 36.8 Å². The summed E-state index contributed by atoms with van der Waals surface area (Å²) in [7, 11) is 2.10. The SMILES string of the molecule is Cc1nc(CN(C)CCc2scnc2C)co1. The van der Waals surface area contributed by atoms with Gasteiger partial charge in [-0.25, -0.2) is 9.97 Å². The number of hydrogen-bond donors (Lipinski definition) is 0. The summed E-state index contributed by atoms with van der Waals surface area (Å²) in [5, 5.41) is 0. The predicted molar refractivity (Wildman–Crippen MR) is 68.1 cm³/mol. The quantitative estimate of drug-likeness (QED) is 0.818. The highest BCUT2D eigenvalue weighted by Crippen LogP contribution is 2.13. The molecule has 0 aliphatic heterocycles. The van der Waals surface area contributed by atoms with Crippen LogP contribution in [0.5, 0.6) is 0 Å². The van der Waals surface area contributed by atoms with Crippen LogP contribution in [-0.4, -0.2) is 28.5 Å². The second-order valence-corrected chi connectivity index (χ2v) is 5.15. The first-order valence-electron chi connectivity index (χ1n) is 5.63. The van der Waals surface area contributed by atoms with Gasteiger partial charge in [-0.1, -0.05) is 0 Å². The van der Waals surface area contributed by atoms with E-state index < -0.39 is 0 Å². The lowest BCUT2D eigenvalue weighted by atomic mass is 10.3. The van der Waals surface area contributed by atoms with Gasteiger partial charge in [0, 0.05) is 24.9 Å². The molecule has 2 rings (SSSR count). The highest BCUT2D eigenvalue weighted by molar-refractivity contribution is 7.09. The van der Waals surface area contributed by atoms with Gasteiger partial charge in [0.2, 0.25) is 0 Å². The lowest BCUT2D eigenvalue weighted by molar-refractivity contribution is 0.327. The van der Waals surface area contributed by atoms with E-state index in [9.17, 15) is 0 Å². The largest absolute Gasteiger partial charge is 0.449 e. The number of aryl methyl sites for hydroxylation is 2. The number of aromatic nitrogens is 2. The second-order valence-electron chi connectivity index (χ2n) is 4.21. The van der Waals surface area contributed by atoms with Crippen molar-refractivity contribution in [2.75, 3.05) is 13.6 Å². The molecule has 0 atom stereocenters. The molecule has 0 aliphatic carbocycles. The molecule has 0 saturated heterocycles. The van der Waals surface area contributed by atoms with Gasteiger partial charge in [-0.2, -0.15) is 0 Å². The van der Waals surface area contributed by atoms with Crippen LogP contribution in [0.3, 0.4) is 0 Å². The molecule has 0 saturated carbocycles. The van der Waals surface area contributed by atoms with Crippen molar-refractivity contribution in [1.82, 2.24) is 14.9 Å². The van der Waals surface area contributed by atoms with Gasteiger partial charge in [-0.3, -0.25) is 0 Å². The van der Waals surface area contributed by atoms with Gasteiger partial charge < -0.3 is 9.32 Å². The molecule has 4 nitrogen and oxygen atoms in total. The number of oxazole rings is 1. The zero-order valence-corrected chi connectivity index (χ0v) is 11.3. The van der Waals surface area contributed by atoms with Gasteiger partial charge >= 0.3 is 0 Å². The molecule has 0 N–H and O–H groups in total. The molecule has 2 aromatic rings. The maximum absolute atomic E-state index is 5.19. The molecule has 0 fully saturated rings. The van der Waals surface area contributed by atoms with Crippen molar-refractivity contribution in [1.29, 1.82) is 0 Å². The lowest BCUT2D eigenvalue weighted by Crippen LogP contribution is -2.20. The summed E-state index contributed by atoms with van der Waals surface area (Å²) in [5.74, 6) is 0.728. The summed E-state index contributed by atoms with van der Waals surface area (Å²) < 4.78 is 5.19. The molecule has 5 heteroatoms. The third-order valence-electron chi connectivity index (χ3n) is 2.66. The summed E-state index contributed by atoms with van der Waals surface area (Å²) >= 11 is 1.73. The Labute approximate surface area is 105 Å². The zero-order chi connectivity index (χ0) is 12.3. The van der Waals surface area contributed by atoms with E-state index in [2.05, 4.69) is 28.8 Å². The third-order valence-corrected chi connectivity index (χ3v) is 3.66. The maximum Gasteiger partial charge on any atom is 0.191 e. The second kappa shape index (κ2) is 5.42. The van der Waals surface area contributed by atoms with Crippen LogP contribution in [0.1, 0.15) is 22.2 Å². The van der Waals surface area contributed by atoms with Crippen LogP contribution in [-0.2, 0) is 13.0 Å². The van der Waals surface area contributed by atoms with Gasteiger partial charge in [-0.15, -0.1) is 11.3 Å². The molecular formula is C12H17N3OS. The van der Waals surface area contributed by atoms with Gasteiger partial charge in [-0.05, 0) is 20.4 Å². The molecule has 0 bridgehead atoms. The van der Waals surface area contributed by atoms with Crippen molar-refractivity contribution in [2.24, 2.45) is 0 Å². The fourth-order valence-corrected chi connectivity index (χ4v) is 2.47. The van der Waals surface area contributed by atoms with Crippen LogP contribution >= 0.6 is 11.3 Å². The summed E-state index contributed by atoms with van der Waals surface area (Å²) in [4.78, 5) is 12.2. The predicted octanol–water partition coefficient (Wildman–Crippen LogP) is 2.42. The first-order chi connectivity index (χ1) is 8.15. The van der Waals surface area contributed by atoms with Gasteiger partial charge in [0.15, 0.2) is 5.89 Å². The minimum absolute atomic E-state index is 0.728. The smallest absolute Gasteiger partial charge is 0.191 e. The van der Waals surface area contributed by atoms with Crippen LogP contribution < -0.4 is 0 Å². The van der Waals surface area contributed by atoms with Crippen LogP contribution in [0.15, 0.2) is 16.2 Å². The van der Waals surface area contributed by atoms with Crippen molar-refractivity contribution in [3.63, 3.8) is 0 Å². The summed E-state index contributed by atoms with van der Waals surface area (Å²) in [5.41, 5.74) is 4.05. The number of likely N-dealkylation sites (N-methyl/N-ethyl adjacent to an activating group) is 1. The molecule has 0 amide bonds. The normalized spacial score (nSPS) is 11.3. The molecule has 0 radical (unpaired) electrons. The van der Waals surface area contributed by atoms with E-state index >= 15 is 0 Å². The third kappa shape index (κ3) is 3.38. The number of hydrogen-bond acceptors (Lipinski definition) is 5. The lowest BCUT2D eigenvalue weighted by Gasteiger charge is -2.14. The van der Waals surface area contributed by atoms with Crippen molar-refractivity contribution < 1.29 is 4.42 Å².